The van der Waals surface area contributed by atoms with Crippen molar-refractivity contribution in [2.75, 3.05) is 6.61 Å². The molecule has 0 aliphatic heterocycles. The molecule has 1 aromatic rings. The standard InChI is InChI=1S/C14H22N2OS/c1-2-17-14(7-3-4-8-14)13-16-12(10-18-13)9-15-11-5-6-11/h10-11,15H,2-9H2,1H3. The maximum atomic E-state index is 6.06. The van der Waals surface area contributed by atoms with Gasteiger partial charge in [0.1, 0.15) is 10.6 Å². The van der Waals surface area contributed by atoms with Gasteiger partial charge in [0, 0.05) is 24.6 Å². The number of hydrogen-bond acceptors (Lipinski definition) is 4. The molecule has 0 bridgehead atoms. The molecule has 18 heavy (non-hydrogen) atoms. The monoisotopic (exact) mass is 266 g/mol. The number of nitrogens with one attached hydrogen (secondary N) is 1. The topological polar surface area (TPSA) is 34.1 Å². The van der Waals surface area contributed by atoms with Crippen molar-refractivity contribution < 1.29 is 4.74 Å². The summed E-state index contributed by atoms with van der Waals surface area (Å²) in [7, 11) is 0. The lowest BCUT2D eigenvalue weighted by Gasteiger charge is -2.26. The van der Waals surface area contributed by atoms with E-state index in [4.69, 9.17) is 9.72 Å². The van der Waals surface area contributed by atoms with Crippen LogP contribution in [0.15, 0.2) is 5.38 Å². The summed E-state index contributed by atoms with van der Waals surface area (Å²) in [6, 6.07) is 0.752. The van der Waals surface area contributed by atoms with Crippen molar-refractivity contribution in [2.45, 2.75) is 63.6 Å². The van der Waals surface area contributed by atoms with E-state index < -0.39 is 0 Å². The van der Waals surface area contributed by atoms with E-state index in [1.165, 1.54) is 36.4 Å². The van der Waals surface area contributed by atoms with Gasteiger partial charge in [0.2, 0.25) is 0 Å². The quantitative estimate of drug-likeness (QED) is 0.858. The van der Waals surface area contributed by atoms with E-state index in [9.17, 15) is 0 Å². The molecule has 4 heteroatoms. The normalized spacial score (nSPS) is 22.5. The van der Waals surface area contributed by atoms with Gasteiger partial charge in [-0.05, 0) is 32.6 Å². The zero-order valence-corrected chi connectivity index (χ0v) is 11.9. The first kappa shape index (κ1) is 12.6. The molecule has 3 nitrogen and oxygen atoms in total. The second-order valence-electron chi connectivity index (χ2n) is 5.43. The van der Waals surface area contributed by atoms with Crippen molar-refractivity contribution in [3.63, 3.8) is 0 Å². The van der Waals surface area contributed by atoms with Crippen LogP contribution in [-0.4, -0.2) is 17.6 Å². The Morgan fingerprint density at radius 2 is 2.22 bits per heavy atom. The molecule has 0 spiro atoms. The second-order valence-corrected chi connectivity index (χ2v) is 6.29. The van der Waals surface area contributed by atoms with Crippen LogP contribution in [0.2, 0.25) is 0 Å². The highest BCUT2D eigenvalue weighted by Crippen LogP contribution is 2.43. The van der Waals surface area contributed by atoms with Crippen molar-refractivity contribution in [1.82, 2.24) is 10.3 Å². The van der Waals surface area contributed by atoms with Gasteiger partial charge in [-0.3, -0.25) is 0 Å². The van der Waals surface area contributed by atoms with Crippen LogP contribution in [0.1, 0.15) is 56.2 Å². The molecular formula is C14H22N2OS. The highest BCUT2D eigenvalue weighted by Gasteiger charge is 2.39. The average Bonchev–Trinajstić information content (AvgIpc) is 2.90. The van der Waals surface area contributed by atoms with Crippen LogP contribution in [0.25, 0.3) is 0 Å². The molecule has 0 saturated heterocycles. The van der Waals surface area contributed by atoms with Crippen LogP contribution < -0.4 is 5.32 Å². The SMILES string of the molecule is CCOC1(c2nc(CNC3CC3)cs2)CCCC1. The van der Waals surface area contributed by atoms with Gasteiger partial charge >= 0.3 is 0 Å². The lowest BCUT2D eigenvalue weighted by molar-refractivity contribution is -0.0392. The predicted molar refractivity (Wildman–Crippen MR) is 73.7 cm³/mol. The van der Waals surface area contributed by atoms with Crippen molar-refractivity contribution >= 4 is 11.3 Å². The zero-order chi connectivity index (χ0) is 12.4. The molecule has 0 radical (unpaired) electrons. The minimum atomic E-state index is -0.0583. The highest BCUT2D eigenvalue weighted by molar-refractivity contribution is 7.09. The van der Waals surface area contributed by atoms with Gasteiger partial charge < -0.3 is 10.1 Å². The molecule has 3 rings (SSSR count). The van der Waals surface area contributed by atoms with Crippen LogP contribution in [-0.2, 0) is 16.9 Å². The first-order valence-electron chi connectivity index (χ1n) is 7.15. The lowest BCUT2D eigenvalue weighted by atomic mass is 10.0. The Balaban J connectivity index is 1.69. The van der Waals surface area contributed by atoms with E-state index in [1.54, 1.807) is 11.3 Å². The van der Waals surface area contributed by atoms with Crippen LogP contribution in [0, 0.1) is 0 Å². The fourth-order valence-electron chi connectivity index (χ4n) is 2.78. The highest BCUT2D eigenvalue weighted by atomic mass is 32.1. The summed E-state index contributed by atoms with van der Waals surface area (Å²) in [6.45, 7) is 3.79. The number of ether oxygens (including phenoxy) is 1. The van der Waals surface area contributed by atoms with Crippen molar-refractivity contribution in [1.29, 1.82) is 0 Å². The van der Waals surface area contributed by atoms with Crippen LogP contribution >= 0.6 is 11.3 Å². The van der Waals surface area contributed by atoms with E-state index in [1.807, 2.05) is 0 Å². The van der Waals surface area contributed by atoms with Crippen LogP contribution in [0.5, 0.6) is 0 Å². The molecule has 0 amide bonds. The summed E-state index contributed by atoms with van der Waals surface area (Å²) in [6.07, 6.45) is 7.50. The molecule has 1 heterocycles. The van der Waals surface area contributed by atoms with Crippen molar-refractivity contribution in [2.24, 2.45) is 0 Å². The number of aromatic nitrogens is 1. The summed E-state index contributed by atoms with van der Waals surface area (Å²) < 4.78 is 6.06. The van der Waals surface area contributed by atoms with E-state index in [0.29, 0.717) is 0 Å². The molecule has 0 unspecified atom stereocenters. The van der Waals surface area contributed by atoms with Crippen molar-refractivity contribution in [3.8, 4) is 0 Å². The van der Waals surface area contributed by atoms with Crippen molar-refractivity contribution in [3.05, 3.63) is 16.1 Å². The van der Waals surface area contributed by atoms with E-state index in [2.05, 4.69) is 17.6 Å². The predicted octanol–water partition coefficient (Wildman–Crippen LogP) is 3.20. The van der Waals surface area contributed by atoms with Gasteiger partial charge in [0.25, 0.3) is 0 Å². The first-order chi connectivity index (χ1) is 8.82. The molecule has 0 aromatic carbocycles. The molecule has 2 aliphatic carbocycles. The minimum Gasteiger partial charge on any atom is -0.368 e. The Morgan fingerprint density at radius 3 is 2.89 bits per heavy atom. The van der Waals surface area contributed by atoms with Gasteiger partial charge in [0.05, 0.1) is 5.69 Å². The Morgan fingerprint density at radius 1 is 1.44 bits per heavy atom. The van der Waals surface area contributed by atoms with E-state index >= 15 is 0 Å². The molecular weight excluding hydrogens is 244 g/mol. The van der Waals surface area contributed by atoms with Crippen LogP contribution in [0.4, 0.5) is 0 Å². The number of hydrogen-bond donors (Lipinski definition) is 1. The second kappa shape index (κ2) is 5.27. The van der Waals surface area contributed by atoms with Gasteiger partial charge in [-0.25, -0.2) is 4.98 Å². The number of thiazole rings is 1. The summed E-state index contributed by atoms with van der Waals surface area (Å²) >= 11 is 1.78. The minimum absolute atomic E-state index is 0.0583. The third-order valence-corrected chi connectivity index (χ3v) is 5.00. The first-order valence-corrected chi connectivity index (χ1v) is 8.02. The largest absolute Gasteiger partial charge is 0.368 e. The molecule has 1 aromatic heterocycles. The average molecular weight is 266 g/mol. The Labute approximate surface area is 113 Å². The summed E-state index contributed by atoms with van der Waals surface area (Å²) in [5.41, 5.74) is 1.13. The van der Waals surface area contributed by atoms with E-state index in [0.717, 1.165) is 32.0 Å². The number of rotatable bonds is 6. The summed E-state index contributed by atoms with van der Waals surface area (Å²) in [5, 5.41) is 6.93. The molecule has 2 aliphatic rings. The van der Waals surface area contributed by atoms with Gasteiger partial charge in [0.15, 0.2) is 0 Å². The van der Waals surface area contributed by atoms with Crippen LogP contribution in [0.3, 0.4) is 0 Å². The fraction of sp³-hybridized carbons (Fsp3) is 0.786. The molecule has 2 fully saturated rings. The Hall–Kier alpha value is -0.450. The smallest absolute Gasteiger partial charge is 0.125 e. The fourth-order valence-corrected chi connectivity index (χ4v) is 3.81. The Bertz CT molecular complexity index is 394. The maximum absolute atomic E-state index is 6.06. The third kappa shape index (κ3) is 2.60. The molecule has 100 valence electrons. The lowest BCUT2D eigenvalue weighted by Crippen LogP contribution is -2.26. The van der Waals surface area contributed by atoms with E-state index in [-0.39, 0.29) is 5.60 Å². The molecule has 0 atom stereocenters. The molecule has 2 saturated carbocycles. The molecule has 1 N–H and O–H groups in total. The number of nitrogens with zero attached hydrogens (tertiary/aromatic N) is 1. The summed E-state index contributed by atoms with van der Waals surface area (Å²) in [5.74, 6) is 0. The summed E-state index contributed by atoms with van der Waals surface area (Å²) in [4.78, 5) is 4.81. The van der Waals surface area contributed by atoms with Gasteiger partial charge in [-0.2, -0.15) is 0 Å². The van der Waals surface area contributed by atoms with Gasteiger partial charge in [-0.15, -0.1) is 11.3 Å². The third-order valence-electron chi connectivity index (χ3n) is 3.92. The maximum Gasteiger partial charge on any atom is 0.125 e. The Kier molecular flexibility index (Phi) is 3.68. The van der Waals surface area contributed by atoms with Gasteiger partial charge in [-0.1, -0.05) is 12.8 Å². The zero-order valence-electron chi connectivity index (χ0n) is 11.1.